The summed E-state index contributed by atoms with van der Waals surface area (Å²) >= 11 is 0. The summed E-state index contributed by atoms with van der Waals surface area (Å²) in [6, 6.07) is 4.78. The maximum Gasteiger partial charge on any atom is 0.243 e. The number of nitrogens with zero attached hydrogens (tertiary/aromatic N) is 1. The molecular formula is C18H30ClN3O4S. The second-order valence-corrected chi connectivity index (χ2v) is 8.16. The molecule has 0 bridgehead atoms. The molecule has 0 spiro atoms. The SMILES string of the molecule is CCOc1ccc(S(=O)(=O)N(CC)CC)cc1NC(=O)CC1CCCN1.Cl. The van der Waals surface area contributed by atoms with Crippen molar-refractivity contribution < 1.29 is 17.9 Å². The normalized spacial score (nSPS) is 16.8. The van der Waals surface area contributed by atoms with E-state index < -0.39 is 10.0 Å². The van der Waals surface area contributed by atoms with Crippen LogP contribution in [0, 0.1) is 0 Å². The Morgan fingerprint density at radius 3 is 2.56 bits per heavy atom. The van der Waals surface area contributed by atoms with Gasteiger partial charge in [-0.05, 0) is 44.5 Å². The fourth-order valence-electron chi connectivity index (χ4n) is 3.12. The van der Waals surface area contributed by atoms with E-state index in [0.717, 1.165) is 19.4 Å². The molecule has 154 valence electrons. The topological polar surface area (TPSA) is 87.7 Å². The smallest absolute Gasteiger partial charge is 0.243 e. The minimum Gasteiger partial charge on any atom is -0.492 e. The summed E-state index contributed by atoms with van der Waals surface area (Å²) in [5, 5.41) is 6.11. The fraction of sp³-hybridized carbons (Fsp3) is 0.611. The number of benzene rings is 1. The Bertz CT molecular complexity index is 717. The predicted molar refractivity (Wildman–Crippen MR) is 109 cm³/mol. The van der Waals surface area contributed by atoms with Crippen LogP contribution in [0.15, 0.2) is 23.1 Å². The molecule has 7 nitrogen and oxygen atoms in total. The van der Waals surface area contributed by atoms with Crippen LogP contribution in [0.3, 0.4) is 0 Å². The molecule has 1 aromatic rings. The lowest BCUT2D eigenvalue weighted by Crippen LogP contribution is -2.31. The zero-order valence-electron chi connectivity index (χ0n) is 16.2. The Kier molecular flexibility index (Phi) is 9.52. The summed E-state index contributed by atoms with van der Waals surface area (Å²) in [5.41, 5.74) is 0.392. The second kappa shape index (κ2) is 10.8. The van der Waals surface area contributed by atoms with Crippen molar-refractivity contribution in [2.45, 2.75) is 51.0 Å². The Balaban J connectivity index is 0.00000364. The first-order valence-electron chi connectivity index (χ1n) is 9.22. The van der Waals surface area contributed by atoms with E-state index in [1.807, 2.05) is 6.92 Å². The van der Waals surface area contributed by atoms with Crippen LogP contribution in [0.5, 0.6) is 5.75 Å². The van der Waals surface area contributed by atoms with Crippen molar-refractivity contribution in [1.29, 1.82) is 0 Å². The highest BCUT2D eigenvalue weighted by Gasteiger charge is 2.24. The van der Waals surface area contributed by atoms with Gasteiger partial charge >= 0.3 is 0 Å². The van der Waals surface area contributed by atoms with Crippen molar-refractivity contribution in [3.05, 3.63) is 18.2 Å². The highest BCUT2D eigenvalue weighted by atomic mass is 35.5. The molecule has 1 amide bonds. The Morgan fingerprint density at radius 1 is 1.30 bits per heavy atom. The zero-order valence-corrected chi connectivity index (χ0v) is 17.8. The molecule has 1 unspecified atom stereocenters. The van der Waals surface area contributed by atoms with Gasteiger partial charge in [-0.15, -0.1) is 12.4 Å². The third-order valence-corrected chi connectivity index (χ3v) is 6.51. The number of amides is 1. The van der Waals surface area contributed by atoms with Gasteiger partial charge < -0.3 is 15.4 Å². The van der Waals surface area contributed by atoms with E-state index in [1.165, 1.54) is 16.4 Å². The molecule has 1 heterocycles. The van der Waals surface area contributed by atoms with E-state index in [2.05, 4.69) is 10.6 Å². The standard InChI is InChI=1S/C18H29N3O4S.ClH/c1-4-21(5-2)26(23,24)15-9-10-17(25-6-3)16(13-15)20-18(22)12-14-8-7-11-19-14;/h9-10,13-14,19H,4-8,11-12H2,1-3H3,(H,20,22);1H. The molecule has 9 heteroatoms. The van der Waals surface area contributed by atoms with Gasteiger partial charge in [0, 0.05) is 25.6 Å². The van der Waals surface area contributed by atoms with Gasteiger partial charge in [-0.1, -0.05) is 13.8 Å². The Hall–Kier alpha value is -1.35. The molecule has 0 aliphatic carbocycles. The van der Waals surface area contributed by atoms with Crippen LogP contribution in [0.1, 0.15) is 40.0 Å². The number of halogens is 1. The molecule has 1 aromatic carbocycles. The van der Waals surface area contributed by atoms with Crippen LogP contribution in [0.25, 0.3) is 0 Å². The van der Waals surface area contributed by atoms with Gasteiger partial charge in [-0.25, -0.2) is 8.42 Å². The van der Waals surface area contributed by atoms with Crippen molar-refractivity contribution in [2.75, 3.05) is 31.6 Å². The number of hydrogen-bond acceptors (Lipinski definition) is 5. The van der Waals surface area contributed by atoms with Crippen molar-refractivity contribution in [1.82, 2.24) is 9.62 Å². The van der Waals surface area contributed by atoms with Crippen LogP contribution in [-0.4, -0.2) is 50.9 Å². The Morgan fingerprint density at radius 2 is 2.00 bits per heavy atom. The van der Waals surface area contributed by atoms with Crippen molar-refractivity contribution in [3.63, 3.8) is 0 Å². The third-order valence-electron chi connectivity index (χ3n) is 4.46. The second-order valence-electron chi connectivity index (χ2n) is 6.23. The molecule has 2 rings (SSSR count). The lowest BCUT2D eigenvalue weighted by molar-refractivity contribution is -0.116. The maximum absolute atomic E-state index is 12.7. The lowest BCUT2D eigenvalue weighted by atomic mass is 10.1. The lowest BCUT2D eigenvalue weighted by Gasteiger charge is -2.20. The number of hydrogen-bond donors (Lipinski definition) is 2. The summed E-state index contributed by atoms with van der Waals surface area (Å²) in [6.45, 7) is 7.57. The van der Waals surface area contributed by atoms with Crippen LogP contribution in [-0.2, 0) is 14.8 Å². The van der Waals surface area contributed by atoms with Crippen LogP contribution in [0.2, 0.25) is 0 Å². The van der Waals surface area contributed by atoms with Gasteiger partial charge in [0.25, 0.3) is 0 Å². The average molecular weight is 420 g/mol. The number of nitrogens with one attached hydrogen (secondary N) is 2. The molecule has 1 aliphatic heterocycles. The van der Waals surface area contributed by atoms with Crippen LogP contribution < -0.4 is 15.4 Å². The van der Waals surface area contributed by atoms with Gasteiger partial charge in [0.15, 0.2) is 0 Å². The average Bonchev–Trinajstić information content (AvgIpc) is 3.10. The first kappa shape index (κ1) is 23.7. The van der Waals surface area contributed by atoms with Crippen molar-refractivity contribution in [2.24, 2.45) is 0 Å². The summed E-state index contributed by atoms with van der Waals surface area (Å²) < 4.78 is 32.4. The van der Waals surface area contributed by atoms with E-state index in [4.69, 9.17) is 4.74 Å². The van der Waals surface area contributed by atoms with Crippen molar-refractivity contribution >= 4 is 34.0 Å². The number of rotatable bonds is 9. The molecule has 1 atom stereocenters. The predicted octanol–water partition coefficient (Wildman–Crippen LogP) is 2.62. The molecular weight excluding hydrogens is 390 g/mol. The number of anilines is 1. The monoisotopic (exact) mass is 419 g/mol. The molecule has 1 aliphatic rings. The van der Waals surface area contributed by atoms with Crippen LogP contribution >= 0.6 is 12.4 Å². The van der Waals surface area contributed by atoms with E-state index in [0.29, 0.717) is 37.6 Å². The first-order chi connectivity index (χ1) is 12.4. The van der Waals surface area contributed by atoms with E-state index in [-0.39, 0.29) is 29.3 Å². The van der Waals surface area contributed by atoms with Gasteiger partial charge in [0.2, 0.25) is 15.9 Å². The number of carbonyl (C=O) groups is 1. The molecule has 27 heavy (non-hydrogen) atoms. The van der Waals surface area contributed by atoms with Crippen molar-refractivity contribution in [3.8, 4) is 5.75 Å². The van der Waals surface area contributed by atoms with E-state index in [1.54, 1.807) is 19.9 Å². The van der Waals surface area contributed by atoms with Crippen LogP contribution in [0.4, 0.5) is 5.69 Å². The highest BCUT2D eigenvalue weighted by Crippen LogP contribution is 2.29. The maximum atomic E-state index is 12.7. The summed E-state index contributed by atoms with van der Waals surface area (Å²) in [6.07, 6.45) is 2.40. The number of sulfonamides is 1. The summed E-state index contributed by atoms with van der Waals surface area (Å²) in [5.74, 6) is 0.321. The highest BCUT2D eigenvalue weighted by molar-refractivity contribution is 7.89. The minimum absolute atomic E-state index is 0. The van der Waals surface area contributed by atoms with Gasteiger partial charge in [-0.3, -0.25) is 4.79 Å². The molecule has 1 fully saturated rings. The van der Waals surface area contributed by atoms with Gasteiger partial charge in [0.1, 0.15) is 5.75 Å². The molecule has 2 N–H and O–H groups in total. The number of ether oxygens (including phenoxy) is 1. The fourth-order valence-corrected chi connectivity index (χ4v) is 4.60. The zero-order chi connectivity index (χ0) is 19.2. The summed E-state index contributed by atoms with van der Waals surface area (Å²) in [7, 11) is -3.60. The van der Waals surface area contributed by atoms with Gasteiger partial charge in [0.05, 0.1) is 17.2 Å². The largest absolute Gasteiger partial charge is 0.492 e. The van der Waals surface area contributed by atoms with E-state index in [9.17, 15) is 13.2 Å². The van der Waals surface area contributed by atoms with E-state index >= 15 is 0 Å². The molecule has 0 radical (unpaired) electrons. The summed E-state index contributed by atoms with van der Waals surface area (Å²) in [4.78, 5) is 12.5. The first-order valence-corrected chi connectivity index (χ1v) is 10.7. The number of carbonyl (C=O) groups excluding carboxylic acids is 1. The molecule has 0 aromatic heterocycles. The molecule has 1 saturated heterocycles. The minimum atomic E-state index is -3.60. The molecule has 0 saturated carbocycles. The Labute approximate surface area is 168 Å². The van der Waals surface area contributed by atoms with Gasteiger partial charge in [-0.2, -0.15) is 4.31 Å². The third kappa shape index (κ3) is 6.07. The quantitative estimate of drug-likeness (QED) is 0.642.